The molecule has 0 radical (unpaired) electrons. The molecule has 0 bridgehead atoms. The molecule has 2 unspecified atom stereocenters. The predicted molar refractivity (Wildman–Crippen MR) is 67.7 cm³/mol. The summed E-state index contributed by atoms with van der Waals surface area (Å²) in [7, 11) is -3.43. The second-order valence-corrected chi connectivity index (χ2v) is 6.73. The zero-order valence-corrected chi connectivity index (χ0v) is 11.5. The molecule has 1 saturated carbocycles. The van der Waals surface area contributed by atoms with E-state index in [1.165, 1.54) is 0 Å². The molecule has 2 atom stereocenters. The lowest BCUT2D eigenvalue weighted by Gasteiger charge is -2.30. The van der Waals surface area contributed by atoms with Crippen LogP contribution in [0.2, 0.25) is 0 Å². The fourth-order valence-electron chi connectivity index (χ4n) is 2.10. The van der Waals surface area contributed by atoms with Gasteiger partial charge in [0, 0.05) is 19.2 Å². The molecule has 1 fully saturated rings. The Morgan fingerprint density at radius 3 is 2.53 bits per heavy atom. The Labute approximate surface area is 104 Å². The largest absolute Gasteiger partial charge is 0.396 e. The minimum Gasteiger partial charge on any atom is -0.396 e. The molecule has 0 heterocycles. The number of aliphatic hydroxyl groups excluding tert-OH is 1. The first kappa shape index (κ1) is 14.9. The van der Waals surface area contributed by atoms with Gasteiger partial charge >= 0.3 is 0 Å². The summed E-state index contributed by atoms with van der Waals surface area (Å²) in [6.07, 6.45) is 3.80. The van der Waals surface area contributed by atoms with Crippen molar-refractivity contribution in [3.63, 3.8) is 0 Å². The first-order chi connectivity index (χ1) is 7.94. The van der Waals surface area contributed by atoms with Gasteiger partial charge in [0.1, 0.15) is 0 Å². The van der Waals surface area contributed by atoms with E-state index < -0.39 is 10.2 Å². The van der Waals surface area contributed by atoms with Crippen LogP contribution < -0.4 is 9.44 Å². The zero-order valence-electron chi connectivity index (χ0n) is 10.6. The number of rotatable bonds is 6. The summed E-state index contributed by atoms with van der Waals surface area (Å²) in [5, 5.41) is 9.22. The molecule has 3 N–H and O–H groups in total. The summed E-state index contributed by atoms with van der Waals surface area (Å²) in [6.45, 7) is 4.41. The van der Waals surface area contributed by atoms with Crippen LogP contribution in [0.3, 0.4) is 0 Å². The Hall–Kier alpha value is -0.170. The first-order valence-electron chi connectivity index (χ1n) is 6.32. The molecular weight excluding hydrogens is 240 g/mol. The lowest BCUT2D eigenvalue weighted by Crippen LogP contribution is -2.48. The van der Waals surface area contributed by atoms with Gasteiger partial charge in [-0.25, -0.2) is 4.72 Å². The van der Waals surface area contributed by atoms with Gasteiger partial charge in [-0.1, -0.05) is 26.7 Å². The van der Waals surface area contributed by atoms with E-state index in [9.17, 15) is 13.5 Å². The van der Waals surface area contributed by atoms with Crippen LogP contribution in [0.25, 0.3) is 0 Å². The van der Waals surface area contributed by atoms with Crippen molar-refractivity contribution in [1.29, 1.82) is 0 Å². The molecule has 6 heteroatoms. The predicted octanol–water partition coefficient (Wildman–Crippen LogP) is 0.618. The summed E-state index contributed by atoms with van der Waals surface area (Å²) in [5.74, 6) is 0.339. The number of nitrogens with one attached hydrogen (secondary N) is 2. The highest BCUT2D eigenvalue weighted by Crippen LogP contribution is 2.24. The summed E-state index contributed by atoms with van der Waals surface area (Å²) < 4.78 is 28.7. The van der Waals surface area contributed by atoms with Crippen molar-refractivity contribution in [3.05, 3.63) is 0 Å². The molecule has 0 aliphatic heterocycles. The molecular formula is C11H24N2O3S. The van der Waals surface area contributed by atoms with Crippen LogP contribution in [-0.2, 0) is 10.2 Å². The highest BCUT2D eigenvalue weighted by atomic mass is 32.2. The molecule has 5 nitrogen and oxygen atoms in total. The van der Waals surface area contributed by atoms with Gasteiger partial charge in [-0.15, -0.1) is 0 Å². The van der Waals surface area contributed by atoms with Gasteiger partial charge in [-0.3, -0.25) is 0 Å². The number of aliphatic hydroxyl groups is 1. The van der Waals surface area contributed by atoms with E-state index in [0.29, 0.717) is 6.54 Å². The van der Waals surface area contributed by atoms with Gasteiger partial charge in [0.25, 0.3) is 10.2 Å². The summed E-state index contributed by atoms with van der Waals surface area (Å²) in [4.78, 5) is 0. The maximum absolute atomic E-state index is 11.8. The smallest absolute Gasteiger partial charge is 0.277 e. The van der Waals surface area contributed by atoms with Crippen LogP contribution in [0.15, 0.2) is 0 Å². The highest BCUT2D eigenvalue weighted by Gasteiger charge is 2.28. The first-order valence-corrected chi connectivity index (χ1v) is 7.80. The quantitative estimate of drug-likeness (QED) is 0.658. The van der Waals surface area contributed by atoms with Crippen LogP contribution in [-0.4, -0.2) is 32.7 Å². The second kappa shape index (κ2) is 6.68. The van der Waals surface area contributed by atoms with E-state index >= 15 is 0 Å². The minimum absolute atomic E-state index is 0.0529. The molecule has 0 saturated heterocycles. The average Bonchev–Trinajstić information content (AvgIpc) is 2.27. The van der Waals surface area contributed by atoms with Gasteiger partial charge < -0.3 is 5.11 Å². The van der Waals surface area contributed by atoms with E-state index in [2.05, 4.69) is 9.44 Å². The standard InChI is InChI=1S/C11H24N2O3S/c1-9(2)7-12-17(15,16)13-11-6-4-3-5-10(11)8-14/h9-14H,3-8H2,1-2H3. The van der Waals surface area contributed by atoms with Gasteiger partial charge in [0.2, 0.25) is 0 Å². The SMILES string of the molecule is CC(C)CNS(=O)(=O)NC1CCCCC1CO. The summed E-state index contributed by atoms with van der Waals surface area (Å²) in [5.41, 5.74) is 0. The van der Waals surface area contributed by atoms with E-state index in [4.69, 9.17) is 0 Å². The second-order valence-electron chi connectivity index (χ2n) is 5.20. The molecule has 102 valence electrons. The zero-order chi connectivity index (χ0) is 12.9. The summed E-state index contributed by atoms with van der Waals surface area (Å²) in [6, 6.07) is -0.126. The van der Waals surface area contributed by atoms with Crippen LogP contribution in [0.4, 0.5) is 0 Å². The van der Waals surface area contributed by atoms with Crippen molar-refractivity contribution in [1.82, 2.24) is 9.44 Å². The van der Waals surface area contributed by atoms with Crippen LogP contribution in [0.1, 0.15) is 39.5 Å². The Balaban J connectivity index is 2.50. The van der Waals surface area contributed by atoms with Gasteiger partial charge in [0.15, 0.2) is 0 Å². The maximum Gasteiger partial charge on any atom is 0.277 e. The van der Waals surface area contributed by atoms with Gasteiger partial charge in [0.05, 0.1) is 0 Å². The molecule has 1 rings (SSSR count). The van der Waals surface area contributed by atoms with Crippen molar-refractivity contribution in [3.8, 4) is 0 Å². The third-order valence-electron chi connectivity index (χ3n) is 3.13. The third-order valence-corrected chi connectivity index (χ3v) is 4.29. The summed E-state index contributed by atoms with van der Waals surface area (Å²) >= 11 is 0. The maximum atomic E-state index is 11.8. The van der Waals surface area contributed by atoms with Gasteiger partial charge in [-0.2, -0.15) is 13.1 Å². The normalized spacial score (nSPS) is 26.4. The van der Waals surface area contributed by atoms with Crippen LogP contribution >= 0.6 is 0 Å². The topological polar surface area (TPSA) is 78.4 Å². The molecule has 0 aromatic rings. The molecule has 0 aromatic heterocycles. The lowest BCUT2D eigenvalue weighted by molar-refractivity contribution is 0.164. The van der Waals surface area contributed by atoms with Crippen LogP contribution in [0, 0.1) is 11.8 Å². The molecule has 0 spiro atoms. The van der Waals surface area contributed by atoms with E-state index in [1.807, 2.05) is 13.8 Å². The highest BCUT2D eigenvalue weighted by molar-refractivity contribution is 7.87. The van der Waals surface area contributed by atoms with Gasteiger partial charge in [-0.05, 0) is 24.7 Å². The van der Waals surface area contributed by atoms with E-state index in [0.717, 1.165) is 25.7 Å². The van der Waals surface area contributed by atoms with Crippen molar-refractivity contribution < 1.29 is 13.5 Å². The lowest BCUT2D eigenvalue weighted by atomic mass is 9.86. The van der Waals surface area contributed by atoms with Crippen molar-refractivity contribution in [2.45, 2.75) is 45.6 Å². The van der Waals surface area contributed by atoms with E-state index in [1.54, 1.807) is 0 Å². The fourth-order valence-corrected chi connectivity index (χ4v) is 3.44. The molecule has 0 aromatic carbocycles. The average molecular weight is 264 g/mol. The number of hydrogen-bond donors (Lipinski definition) is 3. The van der Waals surface area contributed by atoms with E-state index in [-0.39, 0.29) is 24.5 Å². The molecule has 17 heavy (non-hydrogen) atoms. The van der Waals surface area contributed by atoms with Crippen molar-refractivity contribution in [2.75, 3.05) is 13.2 Å². The Bertz CT molecular complexity index is 317. The Morgan fingerprint density at radius 2 is 1.94 bits per heavy atom. The molecule has 1 aliphatic carbocycles. The van der Waals surface area contributed by atoms with Crippen molar-refractivity contribution >= 4 is 10.2 Å². The molecule has 0 amide bonds. The molecule has 1 aliphatic rings. The van der Waals surface area contributed by atoms with Crippen LogP contribution in [0.5, 0.6) is 0 Å². The minimum atomic E-state index is -3.43. The monoisotopic (exact) mass is 264 g/mol. The third kappa shape index (κ3) is 5.33. The number of hydrogen-bond acceptors (Lipinski definition) is 3. The Kier molecular flexibility index (Phi) is 5.85. The Morgan fingerprint density at radius 1 is 1.29 bits per heavy atom. The fraction of sp³-hybridized carbons (Fsp3) is 1.00. The van der Waals surface area contributed by atoms with Crippen molar-refractivity contribution in [2.24, 2.45) is 11.8 Å².